The van der Waals surface area contributed by atoms with Crippen LogP contribution < -0.4 is 5.32 Å². The van der Waals surface area contributed by atoms with Crippen molar-refractivity contribution in [2.75, 3.05) is 5.75 Å². The van der Waals surface area contributed by atoms with E-state index in [1.165, 1.54) is 36.0 Å². The highest BCUT2D eigenvalue weighted by atomic mass is 32.2. The van der Waals surface area contributed by atoms with Gasteiger partial charge >= 0.3 is 0 Å². The van der Waals surface area contributed by atoms with Crippen LogP contribution in [0.2, 0.25) is 0 Å². The van der Waals surface area contributed by atoms with Gasteiger partial charge in [-0.2, -0.15) is 0 Å². The molecule has 0 saturated carbocycles. The molecule has 0 unspecified atom stereocenters. The van der Waals surface area contributed by atoms with Crippen LogP contribution in [-0.2, 0) is 6.54 Å². The summed E-state index contributed by atoms with van der Waals surface area (Å²) in [6.07, 6.45) is 0. The summed E-state index contributed by atoms with van der Waals surface area (Å²) < 4.78 is 15.2. The van der Waals surface area contributed by atoms with Crippen LogP contribution in [0, 0.1) is 5.82 Å². The Labute approximate surface area is 188 Å². The van der Waals surface area contributed by atoms with Crippen LogP contribution in [0.3, 0.4) is 0 Å². The van der Waals surface area contributed by atoms with Gasteiger partial charge in [-0.3, -0.25) is 14.2 Å². The quantitative estimate of drug-likeness (QED) is 0.322. The van der Waals surface area contributed by atoms with Crippen LogP contribution in [0.25, 0.3) is 5.69 Å². The molecule has 4 aromatic rings. The average molecular weight is 447 g/mol. The Balaban J connectivity index is 1.53. The zero-order chi connectivity index (χ0) is 22.3. The molecular weight excluding hydrogens is 427 g/mol. The van der Waals surface area contributed by atoms with Crippen molar-refractivity contribution < 1.29 is 14.0 Å². The number of thioether (sulfide) groups is 1. The number of nitrogens with one attached hydrogen (secondary N) is 1. The van der Waals surface area contributed by atoms with Gasteiger partial charge < -0.3 is 5.32 Å². The fourth-order valence-electron chi connectivity index (χ4n) is 3.07. The van der Waals surface area contributed by atoms with E-state index >= 15 is 0 Å². The molecule has 1 N–H and O–H groups in total. The highest BCUT2D eigenvalue weighted by Crippen LogP contribution is 2.23. The maximum Gasteiger partial charge on any atom is 0.251 e. The van der Waals surface area contributed by atoms with E-state index in [1.54, 1.807) is 16.7 Å². The minimum absolute atomic E-state index is 0.0147. The second-order valence-corrected chi connectivity index (χ2v) is 7.78. The first-order valence-electron chi connectivity index (χ1n) is 9.86. The van der Waals surface area contributed by atoms with E-state index in [4.69, 9.17) is 0 Å². The molecule has 3 aromatic carbocycles. The Bertz CT molecular complexity index is 1230. The third-order valence-electron chi connectivity index (χ3n) is 4.64. The average Bonchev–Trinajstić information content (AvgIpc) is 3.25. The number of amides is 1. The largest absolute Gasteiger partial charge is 0.345 e. The zero-order valence-corrected chi connectivity index (χ0v) is 17.8. The second kappa shape index (κ2) is 10.0. The summed E-state index contributed by atoms with van der Waals surface area (Å²) in [6.45, 7) is 0.0877. The maximum absolute atomic E-state index is 13.4. The number of halogens is 1. The smallest absolute Gasteiger partial charge is 0.251 e. The Morgan fingerprint density at radius 1 is 0.875 bits per heavy atom. The molecule has 0 aliphatic heterocycles. The molecule has 0 spiro atoms. The molecule has 160 valence electrons. The van der Waals surface area contributed by atoms with Crippen LogP contribution in [-0.4, -0.2) is 32.2 Å². The van der Waals surface area contributed by atoms with E-state index in [9.17, 15) is 14.0 Å². The van der Waals surface area contributed by atoms with E-state index in [-0.39, 0.29) is 23.6 Å². The molecule has 0 saturated heterocycles. The van der Waals surface area contributed by atoms with Crippen LogP contribution in [0.1, 0.15) is 26.5 Å². The van der Waals surface area contributed by atoms with E-state index in [1.807, 2.05) is 48.5 Å². The number of nitrogens with zero attached hydrogens (tertiary/aromatic N) is 3. The molecule has 0 aliphatic carbocycles. The molecule has 0 fully saturated rings. The van der Waals surface area contributed by atoms with E-state index in [0.717, 1.165) is 5.69 Å². The van der Waals surface area contributed by atoms with Crippen molar-refractivity contribution in [3.63, 3.8) is 0 Å². The van der Waals surface area contributed by atoms with Crippen molar-refractivity contribution in [1.29, 1.82) is 0 Å². The normalized spacial score (nSPS) is 10.7. The summed E-state index contributed by atoms with van der Waals surface area (Å²) in [4.78, 5) is 24.9. The Kier molecular flexibility index (Phi) is 6.72. The number of hydrogen-bond acceptors (Lipinski definition) is 5. The number of rotatable bonds is 8. The van der Waals surface area contributed by atoms with E-state index in [0.29, 0.717) is 16.5 Å². The Morgan fingerprint density at radius 3 is 2.28 bits per heavy atom. The molecule has 1 heterocycles. The zero-order valence-electron chi connectivity index (χ0n) is 16.9. The highest BCUT2D eigenvalue weighted by Gasteiger charge is 2.17. The fraction of sp³-hybridized carbons (Fsp3) is 0.0833. The van der Waals surface area contributed by atoms with Crippen molar-refractivity contribution in [1.82, 2.24) is 20.1 Å². The monoisotopic (exact) mass is 446 g/mol. The lowest BCUT2D eigenvalue weighted by Crippen LogP contribution is -2.24. The molecule has 6 nitrogen and oxygen atoms in total. The summed E-state index contributed by atoms with van der Waals surface area (Å²) >= 11 is 1.28. The molecule has 0 bridgehead atoms. The lowest BCUT2D eigenvalue weighted by Gasteiger charge is -2.11. The second-order valence-electron chi connectivity index (χ2n) is 6.84. The number of ketones is 1. The van der Waals surface area contributed by atoms with Crippen molar-refractivity contribution in [2.24, 2.45) is 0 Å². The first-order chi connectivity index (χ1) is 15.6. The first kappa shape index (κ1) is 21.5. The van der Waals surface area contributed by atoms with Crippen LogP contribution in [0.4, 0.5) is 4.39 Å². The van der Waals surface area contributed by atoms with Gasteiger partial charge in [-0.15, -0.1) is 10.2 Å². The van der Waals surface area contributed by atoms with Gasteiger partial charge in [0.05, 0.1) is 12.3 Å². The molecule has 1 amide bonds. The number of carbonyl (C=O) groups excluding carboxylic acids is 2. The van der Waals surface area contributed by atoms with E-state index < -0.39 is 11.7 Å². The number of para-hydroxylation sites is 1. The van der Waals surface area contributed by atoms with Gasteiger partial charge in [0.1, 0.15) is 5.82 Å². The number of benzene rings is 3. The number of hydrogen-bond donors (Lipinski definition) is 1. The fourth-order valence-corrected chi connectivity index (χ4v) is 3.94. The van der Waals surface area contributed by atoms with Crippen molar-refractivity contribution in [3.05, 3.63) is 108 Å². The summed E-state index contributed by atoms with van der Waals surface area (Å²) in [7, 11) is 0. The van der Waals surface area contributed by atoms with Gasteiger partial charge in [-0.25, -0.2) is 4.39 Å². The SMILES string of the molecule is O=C(CSc1nnc(CNC(=O)c2cccc(F)c2)n1-c1ccccc1)c1ccccc1. The minimum Gasteiger partial charge on any atom is -0.345 e. The number of Topliss-reactive ketones (excluding diaryl/α,β-unsaturated/α-hetero) is 1. The topological polar surface area (TPSA) is 76.9 Å². The van der Waals surface area contributed by atoms with Gasteiger partial charge in [0, 0.05) is 16.8 Å². The number of aromatic nitrogens is 3. The van der Waals surface area contributed by atoms with Gasteiger partial charge in [0.2, 0.25) is 0 Å². The molecule has 0 aliphatic rings. The van der Waals surface area contributed by atoms with Gasteiger partial charge in [0.25, 0.3) is 5.91 Å². The summed E-state index contributed by atoms with van der Waals surface area (Å²) in [6, 6.07) is 24.0. The summed E-state index contributed by atoms with van der Waals surface area (Å²) in [5, 5.41) is 11.7. The summed E-state index contributed by atoms with van der Waals surface area (Å²) in [5.41, 5.74) is 1.66. The third-order valence-corrected chi connectivity index (χ3v) is 5.57. The predicted octanol–water partition coefficient (Wildman–Crippen LogP) is 4.31. The van der Waals surface area contributed by atoms with Gasteiger partial charge in [0.15, 0.2) is 16.8 Å². The van der Waals surface area contributed by atoms with Crippen molar-refractivity contribution in [3.8, 4) is 5.69 Å². The lowest BCUT2D eigenvalue weighted by molar-refractivity contribution is 0.0948. The van der Waals surface area contributed by atoms with Crippen LogP contribution in [0.5, 0.6) is 0 Å². The lowest BCUT2D eigenvalue weighted by atomic mass is 10.2. The van der Waals surface area contributed by atoms with Crippen molar-refractivity contribution >= 4 is 23.5 Å². The molecule has 8 heteroatoms. The standard InChI is InChI=1S/C24H19FN4O2S/c25-19-11-7-10-18(14-19)23(31)26-15-22-27-28-24(29(22)20-12-5-2-6-13-20)32-16-21(30)17-8-3-1-4-9-17/h1-14H,15-16H2,(H,26,31). The van der Waals surface area contributed by atoms with Gasteiger partial charge in [-0.1, -0.05) is 66.4 Å². The predicted molar refractivity (Wildman–Crippen MR) is 120 cm³/mol. The van der Waals surface area contributed by atoms with E-state index in [2.05, 4.69) is 15.5 Å². The van der Waals surface area contributed by atoms with Crippen LogP contribution >= 0.6 is 11.8 Å². The maximum atomic E-state index is 13.4. The molecule has 0 atom stereocenters. The molecule has 32 heavy (non-hydrogen) atoms. The minimum atomic E-state index is -0.480. The highest BCUT2D eigenvalue weighted by molar-refractivity contribution is 7.99. The summed E-state index contributed by atoms with van der Waals surface area (Å²) in [5.74, 6) is -0.216. The molecule has 1 aromatic heterocycles. The van der Waals surface area contributed by atoms with Crippen molar-refractivity contribution in [2.45, 2.75) is 11.7 Å². The first-order valence-corrected chi connectivity index (χ1v) is 10.8. The molecule has 4 rings (SSSR count). The number of carbonyl (C=O) groups is 2. The Morgan fingerprint density at radius 2 is 1.56 bits per heavy atom. The molecule has 0 radical (unpaired) electrons. The Hall–Kier alpha value is -3.78. The third kappa shape index (κ3) is 5.09. The van der Waals surface area contributed by atoms with Gasteiger partial charge in [-0.05, 0) is 30.3 Å². The van der Waals surface area contributed by atoms with Crippen LogP contribution in [0.15, 0.2) is 90.1 Å². The molecular formula is C24H19FN4O2S.